The molecule has 0 saturated heterocycles. The molecule has 0 aromatic carbocycles. The Balaban J connectivity index is 2.23. The Labute approximate surface area is 91.3 Å². The number of carbonyl (C=O) groups excluding carboxylic acids is 1. The molecule has 1 aliphatic heterocycles. The van der Waals surface area contributed by atoms with Crippen molar-refractivity contribution in [2.24, 2.45) is 0 Å². The summed E-state index contributed by atoms with van der Waals surface area (Å²) in [5.41, 5.74) is 0.814. The van der Waals surface area contributed by atoms with Gasteiger partial charge in [-0.15, -0.1) is 0 Å². The van der Waals surface area contributed by atoms with Crippen molar-refractivity contribution in [3.05, 3.63) is 11.6 Å². The second-order valence-corrected chi connectivity index (χ2v) is 4.91. The van der Waals surface area contributed by atoms with Gasteiger partial charge >= 0.3 is 6.09 Å². The van der Waals surface area contributed by atoms with Crippen molar-refractivity contribution < 1.29 is 9.53 Å². The zero-order valence-corrected chi connectivity index (χ0v) is 9.96. The molecule has 86 valence electrons. The van der Waals surface area contributed by atoms with Crippen molar-refractivity contribution in [2.45, 2.75) is 26.4 Å². The molecule has 1 heterocycles. The van der Waals surface area contributed by atoms with E-state index >= 15 is 0 Å². The minimum atomic E-state index is -0.426. The lowest BCUT2D eigenvalue weighted by molar-refractivity contribution is 0.0532. The monoisotopic (exact) mass is 212 g/mol. The van der Waals surface area contributed by atoms with Crippen LogP contribution in [0.4, 0.5) is 4.79 Å². The van der Waals surface area contributed by atoms with Crippen molar-refractivity contribution >= 4 is 6.09 Å². The minimum Gasteiger partial charge on any atom is -0.444 e. The quantitative estimate of drug-likeness (QED) is 0.703. The Bertz CT molecular complexity index is 266. The molecule has 0 saturated carbocycles. The van der Waals surface area contributed by atoms with E-state index in [1.54, 1.807) is 0 Å². The highest BCUT2D eigenvalue weighted by atomic mass is 16.6. The second kappa shape index (κ2) is 4.66. The fraction of sp³-hybridized carbons (Fsp3) is 0.727. The zero-order valence-electron chi connectivity index (χ0n) is 9.96. The predicted molar refractivity (Wildman–Crippen MR) is 59.8 cm³/mol. The maximum absolute atomic E-state index is 11.3. The predicted octanol–water partition coefficient (Wildman–Crippen LogP) is 1.38. The average molecular weight is 212 g/mol. The molecular formula is C11H20N2O2. The van der Waals surface area contributed by atoms with Gasteiger partial charge in [0.15, 0.2) is 0 Å². The average Bonchev–Trinajstić information content (AvgIpc) is 2.45. The summed E-state index contributed by atoms with van der Waals surface area (Å²) < 4.78 is 5.13. The molecule has 0 aliphatic carbocycles. The molecule has 0 unspecified atom stereocenters. The number of carbonyl (C=O) groups is 1. The second-order valence-electron chi connectivity index (χ2n) is 4.91. The standard InChI is InChI=1S/C11H20N2O2/c1-11(2,3)15-10(14)12-7-9-5-6-13(4)8-9/h5H,6-8H2,1-4H3,(H,12,14). The van der Waals surface area contributed by atoms with Gasteiger partial charge in [0.05, 0.1) is 0 Å². The SMILES string of the molecule is CN1CC=C(CNC(=O)OC(C)(C)C)C1. The Morgan fingerprint density at radius 1 is 1.60 bits per heavy atom. The van der Waals surface area contributed by atoms with Gasteiger partial charge in [-0.1, -0.05) is 6.08 Å². The summed E-state index contributed by atoms with van der Waals surface area (Å²) >= 11 is 0. The van der Waals surface area contributed by atoms with E-state index in [9.17, 15) is 4.79 Å². The summed E-state index contributed by atoms with van der Waals surface area (Å²) in [5.74, 6) is 0. The van der Waals surface area contributed by atoms with Crippen LogP contribution >= 0.6 is 0 Å². The van der Waals surface area contributed by atoms with Gasteiger partial charge in [0, 0.05) is 19.6 Å². The van der Waals surface area contributed by atoms with Crippen LogP contribution in [0.15, 0.2) is 11.6 Å². The van der Waals surface area contributed by atoms with Crippen LogP contribution in [-0.2, 0) is 4.74 Å². The van der Waals surface area contributed by atoms with Crippen LogP contribution in [-0.4, -0.2) is 43.3 Å². The van der Waals surface area contributed by atoms with Gasteiger partial charge in [-0.25, -0.2) is 4.79 Å². The van der Waals surface area contributed by atoms with E-state index in [1.807, 2.05) is 20.8 Å². The van der Waals surface area contributed by atoms with Crippen LogP contribution < -0.4 is 5.32 Å². The number of hydrogen-bond acceptors (Lipinski definition) is 3. The van der Waals surface area contributed by atoms with E-state index in [4.69, 9.17) is 4.74 Å². The van der Waals surface area contributed by atoms with Crippen molar-refractivity contribution in [3.63, 3.8) is 0 Å². The molecule has 0 atom stereocenters. The number of ether oxygens (including phenoxy) is 1. The number of hydrogen-bond donors (Lipinski definition) is 1. The number of amides is 1. The Kier molecular flexibility index (Phi) is 3.74. The molecule has 0 radical (unpaired) electrons. The molecule has 0 bridgehead atoms. The molecule has 0 aromatic heterocycles. The van der Waals surface area contributed by atoms with Gasteiger partial charge in [-0.3, -0.25) is 4.90 Å². The number of nitrogens with zero attached hydrogens (tertiary/aromatic N) is 1. The Hall–Kier alpha value is -1.03. The molecule has 0 fully saturated rings. The third-order valence-electron chi connectivity index (χ3n) is 2.02. The normalized spacial score (nSPS) is 17.5. The highest BCUT2D eigenvalue weighted by Gasteiger charge is 2.16. The molecule has 15 heavy (non-hydrogen) atoms. The third kappa shape index (κ3) is 4.83. The van der Waals surface area contributed by atoms with Crippen LogP contribution in [0.25, 0.3) is 0 Å². The van der Waals surface area contributed by atoms with Crippen molar-refractivity contribution in [3.8, 4) is 0 Å². The summed E-state index contributed by atoms with van der Waals surface area (Å²) in [4.78, 5) is 13.5. The number of nitrogens with one attached hydrogen (secondary N) is 1. The topological polar surface area (TPSA) is 41.6 Å². The van der Waals surface area contributed by atoms with Gasteiger partial charge in [0.2, 0.25) is 0 Å². The van der Waals surface area contributed by atoms with Crippen LogP contribution in [0, 0.1) is 0 Å². The summed E-state index contributed by atoms with van der Waals surface area (Å²) in [5, 5.41) is 2.75. The van der Waals surface area contributed by atoms with Crippen molar-refractivity contribution in [2.75, 3.05) is 26.7 Å². The summed E-state index contributed by atoms with van der Waals surface area (Å²) in [7, 11) is 2.05. The lowest BCUT2D eigenvalue weighted by Crippen LogP contribution is -2.34. The molecule has 1 amide bonds. The molecule has 1 aliphatic rings. The first-order valence-corrected chi connectivity index (χ1v) is 5.20. The maximum Gasteiger partial charge on any atom is 0.407 e. The van der Waals surface area contributed by atoms with E-state index in [1.165, 1.54) is 5.57 Å². The van der Waals surface area contributed by atoms with E-state index in [0.29, 0.717) is 6.54 Å². The smallest absolute Gasteiger partial charge is 0.407 e. The molecule has 1 N–H and O–H groups in total. The first-order chi connectivity index (χ1) is 6.87. The van der Waals surface area contributed by atoms with E-state index in [0.717, 1.165) is 13.1 Å². The first kappa shape index (κ1) is 12.0. The Morgan fingerprint density at radius 2 is 2.27 bits per heavy atom. The summed E-state index contributed by atoms with van der Waals surface area (Å²) in [6.07, 6.45) is 1.79. The van der Waals surface area contributed by atoms with Gasteiger partial charge in [0.25, 0.3) is 0 Å². The lowest BCUT2D eigenvalue weighted by Gasteiger charge is -2.19. The number of alkyl carbamates (subject to hydrolysis) is 1. The van der Waals surface area contributed by atoms with Gasteiger partial charge < -0.3 is 10.1 Å². The summed E-state index contributed by atoms with van der Waals surface area (Å²) in [6.45, 7) is 8.04. The maximum atomic E-state index is 11.3. The number of likely N-dealkylation sites (N-methyl/N-ethyl adjacent to an activating group) is 1. The third-order valence-corrected chi connectivity index (χ3v) is 2.02. The van der Waals surface area contributed by atoms with Crippen molar-refractivity contribution in [1.82, 2.24) is 10.2 Å². The minimum absolute atomic E-state index is 0.349. The fourth-order valence-corrected chi connectivity index (χ4v) is 1.39. The van der Waals surface area contributed by atoms with Crippen molar-refractivity contribution in [1.29, 1.82) is 0 Å². The highest BCUT2D eigenvalue weighted by Crippen LogP contribution is 2.08. The van der Waals surface area contributed by atoms with E-state index in [-0.39, 0.29) is 6.09 Å². The van der Waals surface area contributed by atoms with Crippen LogP contribution in [0.3, 0.4) is 0 Å². The molecule has 4 heteroatoms. The molecular weight excluding hydrogens is 192 g/mol. The van der Waals surface area contributed by atoms with Gasteiger partial charge in [-0.05, 0) is 33.4 Å². The molecule has 0 aromatic rings. The number of rotatable bonds is 2. The molecule has 4 nitrogen and oxygen atoms in total. The van der Waals surface area contributed by atoms with E-state index < -0.39 is 5.60 Å². The highest BCUT2D eigenvalue weighted by molar-refractivity contribution is 5.68. The van der Waals surface area contributed by atoms with Gasteiger partial charge in [-0.2, -0.15) is 0 Å². The summed E-state index contributed by atoms with van der Waals surface area (Å²) in [6, 6.07) is 0. The van der Waals surface area contributed by atoms with Crippen LogP contribution in [0.2, 0.25) is 0 Å². The zero-order chi connectivity index (χ0) is 11.5. The first-order valence-electron chi connectivity index (χ1n) is 5.20. The van der Waals surface area contributed by atoms with Crippen LogP contribution in [0.5, 0.6) is 0 Å². The lowest BCUT2D eigenvalue weighted by atomic mass is 10.2. The van der Waals surface area contributed by atoms with E-state index in [2.05, 4.69) is 23.3 Å². The molecule has 1 rings (SSSR count). The van der Waals surface area contributed by atoms with Crippen LogP contribution in [0.1, 0.15) is 20.8 Å². The largest absolute Gasteiger partial charge is 0.444 e. The Morgan fingerprint density at radius 3 is 2.73 bits per heavy atom. The fourth-order valence-electron chi connectivity index (χ4n) is 1.39. The van der Waals surface area contributed by atoms with Gasteiger partial charge in [0.1, 0.15) is 5.60 Å². The molecule has 0 spiro atoms.